The van der Waals surface area contributed by atoms with E-state index >= 15 is 0 Å². The van der Waals surface area contributed by atoms with Crippen LogP contribution in [0.2, 0.25) is 0 Å². The number of benzene rings is 3. The van der Waals surface area contributed by atoms with E-state index in [4.69, 9.17) is 8.42 Å². The van der Waals surface area contributed by atoms with Gasteiger partial charge in [-0.05, 0) is 92.4 Å². The lowest BCUT2D eigenvalue weighted by molar-refractivity contribution is 0.630. The van der Waals surface area contributed by atoms with Gasteiger partial charge in [-0.25, -0.2) is 4.99 Å². The zero-order valence-corrected chi connectivity index (χ0v) is 22.3. The predicted octanol–water partition coefficient (Wildman–Crippen LogP) is 7.99. The number of nitrogens with zero attached hydrogens (tertiary/aromatic N) is 6. The molecule has 4 rings (SSSR count). The van der Waals surface area contributed by atoms with Crippen LogP contribution in [0.1, 0.15) is 44.7 Å². The molecular weight excluding hydrogens is 484 g/mol. The topological polar surface area (TPSA) is 99.2 Å². The van der Waals surface area contributed by atoms with Crippen molar-refractivity contribution < 1.29 is 8.42 Å². The second-order valence-corrected chi connectivity index (χ2v) is 8.58. The van der Waals surface area contributed by atoms with Gasteiger partial charge in [-0.1, -0.05) is 25.5 Å². The zero-order valence-electron chi connectivity index (χ0n) is 21.5. The fourth-order valence-electron chi connectivity index (χ4n) is 3.97. The lowest BCUT2D eigenvalue weighted by Gasteiger charge is -2.20. The molecule has 3 aromatic carbocycles. The summed E-state index contributed by atoms with van der Waals surface area (Å²) in [6.45, 7) is 8.51. The molecule has 0 amide bonds. The summed E-state index contributed by atoms with van der Waals surface area (Å²) in [6, 6.07) is 22.3. The normalized spacial score (nSPS) is 12.2. The molecule has 0 saturated heterocycles. The second-order valence-electron chi connectivity index (χ2n) is 8.44. The number of amidine groups is 1. The van der Waals surface area contributed by atoms with Crippen molar-refractivity contribution in [2.75, 3.05) is 18.0 Å². The molecule has 0 atom stereocenters. The first-order chi connectivity index (χ1) is 18.1. The molecule has 1 aliphatic heterocycles. The van der Waals surface area contributed by atoms with Crippen LogP contribution in [0.4, 0.5) is 28.4 Å². The Balaban J connectivity index is 0.00000121. The van der Waals surface area contributed by atoms with Gasteiger partial charge in [0.05, 0.1) is 22.7 Å². The van der Waals surface area contributed by atoms with Gasteiger partial charge in [0.25, 0.3) is 0 Å². The van der Waals surface area contributed by atoms with E-state index in [2.05, 4.69) is 81.5 Å². The first-order valence-corrected chi connectivity index (χ1v) is 13.2. The quantitative estimate of drug-likeness (QED) is 0.269. The van der Waals surface area contributed by atoms with Crippen molar-refractivity contribution in [1.29, 1.82) is 0 Å². The Labute approximate surface area is 221 Å². The van der Waals surface area contributed by atoms with E-state index in [0.717, 1.165) is 54.5 Å². The van der Waals surface area contributed by atoms with Crippen LogP contribution in [0.25, 0.3) is 0 Å². The molecule has 0 N–H and O–H groups in total. The number of aryl methyl sites for hydroxylation is 1. The SMILES string of the molecule is CCCCc1ccc2c(c1)CC(N=Nc1ccc(N=Nc3ccc(N(CC)CC)cc3)cc1)=N2.O=S=O. The maximum Gasteiger partial charge on any atom is 0.335 e. The zero-order chi connectivity index (χ0) is 26.5. The Morgan fingerprint density at radius 3 is 1.86 bits per heavy atom. The van der Waals surface area contributed by atoms with Gasteiger partial charge in [0.15, 0.2) is 5.84 Å². The number of anilines is 1. The minimum absolute atomic E-state index is 0.734. The Morgan fingerprint density at radius 1 is 0.784 bits per heavy atom. The third kappa shape index (κ3) is 8.35. The van der Waals surface area contributed by atoms with E-state index in [0.29, 0.717) is 0 Å². The molecule has 0 aromatic heterocycles. The second kappa shape index (κ2) is 14.6. The third-order valence-corrected chi connectivity index (χ3v) is 5.95. The van der Waals surface area contributed by atoms with E-state index in [1.54, 1.807) is 0 Å². The highest BCUT2D eigenvalue weighted by Gasteiger charge is 2.14. The van der Waals surface area contributed by atoms with E-state index in [1.165, 1.54) is 29.7 Å². The van der Waals surface area contributed by atoms with E-state index in [9.17, 15) is 0 Å². The van der Waals surface area contributed by atoms with E-state index < -0.39 is 11.6 Å². The van der Waals surface area contributed by atoms with Gasteiger partial charge in [0, 0.05) is 25.2 Å². The molecule has 8 nitrogen and oxygen atoms in total. The van der Waals surface area contributed by atoms with Crippen molar-refractivity contribution in [2.24, 2.45) is 25.4 Å². The highest BCUT2D eigenvalue weighted by atomic mass is 32.1. The van der Waals surface area contributed by atoms with Crippen molar-refractivity contribution in [2.45, 2.75) is 46.5 Å². The monoisotopic (exact) mass is 516 g/mol. The fourth-order valence-corrected chi connectivity index (χ4v) is 3.97. The number of rotatable bonds is 9. The summed E-state index contributed by atoms with van der Waals surface area (Å²) in [7, 11) is 0. The number of aliphatic imine (C=N–C) groups is 1. The molecule has 1 aliphatic rings. The number of hydrogen-bond acceptors (Lipinski definition) is 8. The first kappa shape index (κ1) is 27.7. The number of azo groups is 2. The molecule has 192 valence electrons. The Morgan fingerprint density at radius 2 is 1.32 bits per heavy atom. The smallest absolute Gasteiger partial charge is 0.335 e. The average Bonchev–Trinajstić information content (AvgIpc) is 3.34. The van der Waals surface area contributed by atoms with E-state index in [1.807, 2.05) is 36.4 Å². The molecule has 0 saturated carbocycles. The lowest BCUT2D eigenvalue weighted by Crippen LogP contribution is -2.21. The molecule has 1 heterocycles. The molecule has 0 aliphatic carbocycles. The van der Waals surface area contributed by atoms with Gasteiger partial charge >= 0.3 is 11.6 Å². The van der Waals surface area contributed by atoms with Gasteiger partial charge in [-0.3, -0.25) is 0 Å². The maximum absolute atomic E-state index is 8.29. The molecule has 3 aromatic rings. The third-order valence-electron chi connectivity index (χ3n) is 5.95. The molecule has 0 fully saturated rings. The Kier molecular flexibility index (Phi) is 11.0. The lowest BCUT2D eigenvalue weighted by atomic mass is 10.0. The van der Waals surface area contributed by atoms with E-state index in [-0.39, 0.29) is 0 Å². The van der Waals surface area contributed by atoms with Crippen LogP contribution in [0, 0.1) is 0 Å². The molecular formula is C28H32N6O2S. The van der Waals surface area contributed by atoms with Crippen molar-refractivity contribution in [3.63, 3.8) is 0 Å². The fraction of sp³-hybridized carbons (Fsp3) is 0.321. The largest absolute Gasteiger partial charge is 0.372 e. The molecule has 0 spiro atoms. The summed E-state index contributed by atoms with van der Waals surface area (Å²) in [6.07, 6.45) is 4.27. The molecule has 9 heteroatoms. The average molecular weight is 517 g/mol. The maximum atomic E-state index is 8.29. The van der Waals surface area contributed by atoms with Crippen LogP contribution < -0.4 is 4.90 Å². The summed E-state index contributed by atoms with van der Waals surface area (Å²) in [5.41, 5.74) is 7.20. The standard InChI is InChI=1S/C28H32N6.O2S/c1-4-7-8-21-9-18-27-22(19-21)20-28(29-27)33-32-24-12-10-23(11-13-24)30-31-25-14-16-26(17-15-25)34(5-2)6-3;1-3-2/h9-19H,4-8,20H2,1-3H3;. The highest BCUT2D eigenvalue weighted by molar-refractivity contribution is 7.51. The number of fused-ring (bicyclic) bond motifs is 1. The predicted molar refractivity (Wildman–Crippen MR) is 150 cm³/mol. The molecule has 0 radical (unpaired) electrons. The van der Waals surface area contributed by atoms with Crippen LogP contribution in [0.3, 0.4) is 0 Å². The van der Waals surface area contributed by atoms with Gasteiger partial charge in [0.1, 0.15) is 0 Å². The van der Waals surface area contributed by atoms with Gasteiger partial charge in [-0.15, -0.1) is 10.2 Å². The van der Waals surface area contributed by atoms with Crippen molar-refractivity contribution in [1.82, 2.24) is 0 Å². The summed E-state index contributed by atoms with van der Waals surface area (Å²) in [5, 5.41) is 17.4. The van der Waals surface area contributed by atoms with Crippen LogP contribution >= 0.6 is 0 Å². The summed E-state index contributed by atoms with van der Waals surface area (Å²) in [4.78, 5) is 6.92. The molecule has 0 bridgehead atoms. The summed E-state index contributed by atoms with van der Waals surface area (Å²) < 4.78 is 16.6. The summed E-state index contributed by atoms with van der Waals surface area (Å²) >= 11 is -0.750. The Hall–Kier alpha value is -3.85. The Bertz CT molecular complexity index is 1280. The van der Waals surface area contributed by atoms with Crippen LogP contribution in [-0.4, -0.2) is 27.3 Å². The minimum Gasteiger partial charge on any atom is -0.372 e. The van der Waals surface area contributed by atoms with Gasteiger partial charge in [-0.2, -0.15) is 18.6 Å². The van der Waals surface area contributed by atoms with Crippen LogP contribution in [0.15, 0.2) is 92.2 Å². The van der Waals surface area contributed by atoms with Crippen molar-refractivity contribution >= 4 is 45.8 Å². The first-order valence-electron chi connectivity index (χ1n) is 12.5. The van der Waals surface area contributed by atoms with Gasteiger partial charge in [0.2, 0.25) is 0 Å². The van der Waals surface area contributed by atoms with Crippen molar-refractivity contribution in [3.05, 3.63) is 77.9 Å². The van der Waals surface area contributed by atoms with Gasteiger partial charge < -0.3 is 4.90 Å². The summed E-state index contributed by atoms with van der Waals surface area (Å²) in [5.74, 6) is 0.750. The molecule has 37 heavy (non-hydrogen) atoms. The number of unbranched alkanes of at least 4 members (excludes halogenated alkanes) is 1. The van der Waals surface area contributed by atoms with Crippen LogP contribution in [-0.2, 0) is 24.4 Å². The molecule has 0 unspecified atom stereocenters. The highest BCUT2D eigenvalue weighted by Crippen LogP contribution is 2.29. The van der Waals surface area contributed by atoms with Crippen molar-refractivity contribution in [3.8, 4) is 0 Å². The number of hydrogen-bond donors (Lipinski definition) is 0. The minimum atomic E-state index is -0.750. The van der Waals surface area contributed by atoms with Crippen LogP contribution in [0.5, 0.6) is 0 Å².